The smallest absolute Gasteiger partial charge is 0.243 e. The first-order chi connectivity index (χ1) is 18.6. The normalized spacial score (nSPS) is 12.0. The predicted octanol–water partition coefficient (Wildman–Crippen LogP) is 2.85. The van der Waals surface area contributed by atoms with Crippen LogP contribution in [-0.2, 0) is 39.1 Å². The molecule has 1 atom stereocenters. The summed E-state index contributed by atoms with van der Waals surface area (Å²) in [5.41, 5.74) is 2.51. The maximum absolute atomic E-state index is 13.7. The number of carbonyl (C=O) groups excluding carboxylic acids is 2. The minimum Gasteiger partial charge on any atom is -0.497 e. The van der Waals surface area contributed by atoms with Crippen LogP contribution in [0.5, 0.6) is 11.5 Å². The average Bonchev–Trinajstić information content (AvgIpc) is 2.94. The van der Waals surface area contributed by atoms with E-state index in [4.69, 9.17) is 9.47 Å². The molecule has 208 valence electrons. The summed E-state index contributed by atoms with van der Waals surface area (Å²) in [6, 6.07) is 23.0. The van der Waals surface area contributed by atoms with Crippen molar-refractivity contribution in [2.45, 2.75) is 25.6 Å². The second-order valence-electron chi connectivity index (χ2n) is 9.16. The van der Waals surface area contributed by atoms with Crippen molar-refractivity contribution < 1.29 is 27.5 Å². The first kappa shape index (κ1) is 29.7. The fraction of sp³-hybridized carbons (Fsp3) is 0.310. The third kappa shape index (κ3) is 8.83. The van der Waals surface area contributed by atoms with Gasteiger partial charge in [0.15, 0.2) is 0 Å². The number of sulfonamides is 1. The maximum atomic E-state index is 13.7. The topological polar surface area (TPSA) is 105 Å². The van der Waals surface area contributed by atoms with Crippen molar-refractivity contribution >= 4 is 21.8 Å². The number of nitrogens with zero attached hydrogens (tertiary/aromatic N) is 2. The average molecular weight is 554 g/mol. The first-order valence-electron chi connectivity index (χ1n) is 12.4. The highest BCUT2D eigenvalue weighted by atomic mass is 32.2. The Morgan fingerprint density at radius 1 is 0.821 bits per heavy atom. The van der Waals surface area contributed by atoms with E-state index in [2.05, 4.69) is 5.32 Å². The summed E-state index contributed by atoms with van der Waals surface area (Å²) in [7, 11) is 0.879. The van der Waals surface area contributed by atoms with E-state index in [9.17, 15) is 18.0 Å². The minimum absolute atomic E-state index is 0.105. The Balaban J connectivity index is 1.93. The van der Waals surface area contributed by atoms with E-state index in [0.717, 1.165) is 27.3 Å². The predicted molar refractivity (Wildman–Crippen MR) is 150 cm³/mol. The van der Waals surface area contributed by atoms with Crippen molar-refractivity contribution in [1.29, 1.82) is 0 Å². The molecule has 0 aliphatic carbocycles. The molecule has 0 radical (unpaired) electrons. The zero-order valence-electron chi connectivity index (χ0n) is 22.7. The van der Waals surface area contributed by atoms with Crippen LogP contribution < -0.4 is 14.8 Å². The lowest BCUT2D eigenvalue weighted by atomic mass is 10.0. The number of nitrogens with one attached hydrogen (secondary N) is 1. The molecule has 0 heterocycles. The van der Waals surface area contributed by atoms with E-state index in [1.165, 1.54) is 11.9 Å². The van der Waals surface area contributed by atoms with Crippen LogP contribution in [-0.4, -0.2) is 69.5 Å². The van der Waals surface area contributed by atoms with Crippen molar-refractivity contribution in [2.75, 3.05) is 34.1 Å². The minimum atomic E-state index is -3.61. The van der Waals surface area contributed by atoms with Gasteiger partial charge in [0.05, 0.1) is 27.0 Å². The SMILES string of the molecule is COc1ccc(CNC(=O)C(Cc2ccccc2)N(Cc2ccc(OC)cc2)C(=O)CN(C)S(C)(=O)=O)cc1. The molecule has 2 amide bonds. The number of amides is 2. The van der Waals surface area contributed by atoms with Gasteiger partial charge in [-0.3, -0.25) is 9.59 Å². The Hall–Kier alpha value is -3.89. The number of likely N-dealkylation sites (N-methyl/N-ethyl adjacent to an activating group) is 1. The molecule has 0 saturated carbocycles. The fourth-order valence-electron chi connectivity index (χ4n) is 3.93. The highest BCUT2D eigenvalue weighted by molar-refractivity contribution is 7.88. The van der Waals surface area contributed by atoms with E-state index in [0.29, 0.717) is 11.5 Å². The van der Waals surface area contributed by atoms with Crippen LogP contribution in [0.4, 0.5) is 0 Å². The molecule has 9 nitrogen and oxygen atoms in total. The standard InChI is InChI=1S/C29H35N3O6S/c1-31(39(4,35)36)21-28(33)32(20-24-12-16-26(38-3)17-13-24)27(18-22-8-6-5-7-9-22)29(34)30-19-23-10-14-25(37-2)15-11-23/h5-17,27H,18-21H2,1-4H3,(H,30,34). The van der Waals surface area contributed by atoms with Gasteiger partial charge in [-0.25, -0.2) is 8.42 Å². The van der Waals surface area contributed by atoms with Crippen LogP contribution in [0, 0.1) is 0 Å². The van der Waals surface area contributed by atoms with Gasteiger partial charge in [-0.05, 0) is 41.0 Å². The Morgan fingerprint density at radius 3 is 1.87 bits per heavy atom. The monoisotopic (exact) mass is 553 g/mol. The van der Waals surface area contributed by atoms with E-state index in [-0.39, 0.29) is 25.4 Å². The zero-order chi connectivity index (χ0) is 28.4. The number of benzene rings is 3. The van der Waals surface area contributed by atoms with Gasteiger partial charge in [-0.15, -0.1) is 0 Å². The van der Waals surface area contributed by atoms with Gasteiger partial charge in [0.25, 0.3) is 0 Å². The lowest BCUT2D eigenvalue weighted by molar-refractivity contribution is -0.141. The molecule has 39 heavy (non-hydrogen) atoms. The number of ether oxygens (including phenoxy) is 2. The molecule has 0 aliphatic rings. The Morgan fingerprint density at radius 2 is 1.36 bits per heavy atom. The van der Waals surface area contributed by atoms with E-state index in [1.807, 2.05) is 66.7 Å². The molecule has 0 aromatic heterocycles. The van der Waals surface area contributed by atoms with Crippen LogP contribution in [0.3, 0.4) is 0 Å². The zero-order valence-corrected chi connectivity index (χ0v) is 23.5. The Labute approximate surface area is 230 Å². The lowest BCUT2D eigenvalue weighted by Gasteiger charge is -2.32. The third-order valence-corrected chi connectivity index (χ3v) is 7.59. The molecule has 0 bridgehead atoms. The molecule has 3 aromatic rings. The maximum Gasteiger partial charge on any atom is 0.243 e. The highest BCUT2D eigenvalue weighted by Crippen LogP contribution is 2.18. The molecule has 0 fully saturated rings. The van der Waals surface area contributed by atoms with Crippen molar-refractivity contribution in [3.05, 3.63) is 95.6 Å². The van der Waals surface area contributed by atoms with Gasteiger partial charge in [-0.2, -0.15) is 4.31 Å². The van der Waals surface area contributed by atoms with Gasteiger partial charge in [0.1, 0.15) is 17.5 Å². The largest absolute Gasteiger partial charge is 0.497 e. The number of hydrogen-bond acceptors (Lipinski definition) is 6. The molecule has 10 heteroatoms. The molecule has 0 spiro atoms. The fourth-order valence-corrected chi connectivity index (χ4v) is 4.28. The molecule has 3 rings (SSSR count). The van der Waals surface area contributed by atoms with Crippen molar-refractivity contribution in [1.82, 2.24) is 14.5 Å². The van der Waals surface area contributed by atoms with Gasteiger partial charge in [-0.1, -0.05) is 54.6 Å². The van der Waals surface area contributed by atoms with E-state index < -0.39 is 28.5 Å². The molecule has 1 unspecified atom stereocenters. The molecular weight excluding hydrogens is 518 g/mol. The van der Waals surface area contributed by atoms with Crippen LogP contribution in [0.1, 0.15) is 16.7 Å². The summed E-state index contributed by atoms with van der Waals surface area (Å²) in [5, 5.41) is 2.95. The first-order valence-corrected chi connectivity index (χ1v) is 14.2. The quantitative estimate of drug-likeness (QED) is 0.349. The van der Waals surface area contributed by atoms with Crippen molar-refractivity contribution in [2.24, 2.45) is 0 Å². The van der Waals surface area contributed by atoms with Crippen LogP contribution in [0.2, 0.25) is 0 Å². The van der Waals surface area contributed by atoms with Crippen molar-refractivity contribution in [3.63, 3.8) is 0 Å². The lowest BCUT2D eigenvalue weighted by Crippen LogP contribution is -2.52. The van der Waals surface area contributed by atoms with E-state index in [1.54, 1.807) is 26.4 Å². The molecular formula is C29H35N3O6S. The highest BCUT2D eigenvalue weighted by Gasteiger charge is 2.32. The van der Waals surface area contributed by atoms with Crippen LogP contribution in [0.25, 0.3) is 0 Å². The molecule has 0 saturated heterocycles. The number of hydrogen-bond donors (Lipinski definition) is 1. The van der Waals surface area contributed by atoms with Gasteiger partial charge in [0.2, 0.25) is 21.8 Å². The second-order valence-corrected chi connectivity index (χ2v) is 11.2. The summed E-state index contributed by atoms with van der Waals surface area (Å²) in [4.78, 5) is 28.7. The van der Waals surface area contributed by atoms with E-state index >= 15 is 0 Å². The van der Waals surface area contributed by atoms with Crippen molar-refractivity contribution in [3.8, 4) is 11.5 Å². The number of rotatable bonds is 13. The van der Waals surface area contributed by atoms with Crippen LogP contribution in [0.15, 0.2) is 78.9 Å². The summed E-state index contributed by atoms with van der Waals surface area (Å²) >= 11 is 0. The summed E-state index contributed by atoms with van der Waals surface area (Å²) in [5.74, 6) is 0.530. The van der Waals surface area contributed by atoms with Gasteiger partial charge < -0.3 is 19.7 Å². The second kappa shape index (κ2) is 13.8. The third-order valence-electron chi connectivity index (χ3n) is 6.33. The molecule has 0 aliphatic heterocycles. The summed E-state index contributed by atoms with van der Waals surface area (Å²) in [6.45, 7) is -0.0398. The number of methoxy groups -OCH3 is 2. The Kier molecular flexibility index (Phi) is 10.5. The summed E-state index contributed by atoms with van der Waals surface area (Å²) in [6.07, 6.45) is 1.29. The van der Waals surface area contributed by atoms with Crippen LogP contribution >= 0.6 is 0 Å². The van der Waals surface area contributed by atoms with Gasteiger partial charge in [0, 0.05) is 26.6 Å². The number of carbonyl (C=O) groups is 2. The molecule has 1 N–H and O–H groups in total. The van der Waals surface area contributed by atoms with Gasteiger partial charge >= 0.3 is 0 Å². The summed E-state index contributed by atoms with van der Waals surface area (Å²) < 4.78 is 35.6. The Bertz CT molecular complexity index is 1330. The molecule has 3 aromatic carbocycles.